The van der Waals surface area contributed by atoms with Crippen LogP contribution in [0.4, 0.5) is 0 Å². The van der Waals surface area contributed by atoms with Gasteiger partial charge in [0.15, 0.2) is 0 Å². The first-order chi connectivity index (χ1) is 7.86. The van der Waals surface area contributed by atoms with Crippen LogP contribution in [-0.4, -0.2) is 48.5 Å². The van der Waals surface area contributed by atoms with Crippen molar-refractivity contribution in [2.24, 2.45) is 5.92 Å². The second kappa shape index (κ2) is 6.50. The first-order valence-corrected chi connectivity index (χ1v) is 7.58. The second-order valence-electron chi connectivity index (χ2n) is 4.76. The molecule has 3 nitrogen and oxygen atoms in total. The molecular weight excluding hydrogens is 220 g/mol. The normalized spacial score (nSPS) is 27.5. The van der Waals surface area contributed by atoms with Crippen LogP contribution in [0.5, 0.6) is 0 Å². The molecule has 2 rings (SSSR count). The molecule has 0 aromatic rings. The van der Waals surface area contributed by atoms with Crippen molar-refractivity contribution in [1.29, 1.82) is 0 Å². The molecule has 0 aromatic heterocycles. The highest BCUT2D eigenvalue weighted by Gasteiger charge is 2.21. The van der Waals surface area contributed by atoms with E-state index in [1.165, 1.54) is 25.0 Å². The van der Waals surface area contributed by atoms with E-state index < -0.39 is 0 Å². The predicted molar refractivity (Wildman–Crippen MR) is 68.7 cm³/mol. The van der Waals surface area contributed by atoms with Crippen LogP contribution < -0.4 is 5.32 Å². The number of amides is 1. The molecule has 2 fully saturated rings. The third kappa shape index (κ3) is 3.67. The largest absolute Gasteiger partial charge is 0.342 e. The number of hydrogen-bond donors (Lipinski definition) is 1. The molecule has 0 spiro atoms. The maximum Gasteiger partial charge on any atom is 0.222 e. The molecule has 92 valence electrons. The van der Waals surface area contributed by atoms with Crippen LogP contribution in [0, 0.1) is 5.92 Å². The SMILES string of the molecule is O=C(CC1CCCNC1)N1CCCSCC1. The Morgan fingerprint density at radius 1 is 1.31 bits per heavy atom. The minimum absolute atomic E-state index is 0.385. The standard InChI is InChI=1S/C12H22N2OS/c15-12(9-11-3-1-4-13-10-11)14-5-2-7-16-8-6-14/h11,13H,1-10H2. The molecule has 2 aliphatic rings. The number of carbonyl (C=O) groups is 1. The summed E-state index contributed by atoms with van der Waals surface area (Å²) in [6.07, 6.45) is 4.38. The average Bonchev–Trinajstić information content (AvgIpc) is 2.59. The Kier molecular flexibility index (Phi) is 4.97. The molecule has 0 bridgehead atoms. The van der Waals surface area contributed by atoms with Crippen LogP contribution in [0.15, 0.2) is 0 Å². The molecular formula is C12H22N2OS. The maximum atomic E-state index is 12.1. The van der Waals surface area contributed by atoms with Crippen molar-refractivity contribution in [3.05, 3.63) is 0 Å². The van der Waals surface area contributed by atoms with Crippen LogP contribution in [0.3, 0.4) is 0 Å². The van der Waals surface area contributed by atoms with Gasteiger partial charge in [0.1, 0.15) is 0 Å². The molecule has 2 aliphatic heterocycles. The van der Waals surface area contributed by atoms with E-state index in [1.54, 1.807) is 0 Å². The number of carbonyl (C=O) groups excluding carboxylic acids is 1. The summed E-state index contributed by atoms with van der Waals surface area (Å²) in [6, 6.07) is 0. The summed E-state index contributed by atoms with van der Waals surface area (Å²) in [5.41, 5.74) is 0. The van der Waals surface area contributed by atoms with E-state index in [9.17, 15) is 4.79 Å². The fourth-order valence-corrected chi connectivity index (χ4v) is 3.36. The monoisotopic (exact) mass is 242 g/mol. The van der Waals surface area contributed by atoms with Crippen LogP contribution >= 0.6 is 11.8 Å². The third-order valence-corrected chi connectivity index (χ3v) is 4.49. The summed E-state index contributed by atoms with van der Waals surface area (Å²) in [5, 5.41) is 3.38. The number of nitrogens with one attached hydrogen (secondary N) is 1. The molecule has 0 radical (unpaired) electrons. The minimum Gasteiger partial charge on any atom is -0.342 e. The molecule has 0 aromatic carbocycles. The summed E-state index contributed by atoms with van der Waals surface area (Å²) >= 11 is 1.98. The zero-order chi connectivity index (χ0) is 11.2. The fraction of sp³-hybridized carbons (Fsp3) is 0.917. The molecule has 0 saturated carbocycles. The zero-order valence-electron chi connectivity index (χ0n) is 9.91. The first-order valence-electron chi connectivity index (χ1n) is 6.42. The van der Waals surface area contributed by atoms with Gasteiger partial charge in [-0.3, -0.25) is 4.79 Å². The highest BCUT2D eigenvalue weighted by molar-refractivity contribution is 7.99. The molecule has 4 heteroatoms. The lowest BCUT2D eigenvalue weighted by Crippen LogP contribution is -2.37. The zero-order valence-corrected chi connectivity index (χ0v) is 10.7. The molecule has 16 heavy (non-hydrogen) atoms. The van der Waals surface area contributed by atoms with Crippen molar-refractivity contribution in [2.45, 2.75) is 25.7 Å². The van der Waals surface area contributed by atoms with Crippen molar-refractivity contribution in [2.75, 3.05) is 37.7 Å². The molecule has 1 unspecified atom stereocenters. The number of piperidine rings is 1. The number of hydrogen-bond acceptors (Lipinski definition) is 3. The van der Waals surface area contributed by atoms with E-state index in [0.717, 1.165) is 38.4 Å². The van der Waals surface area contributed by atoms with Gasteiger partial charge >= 0.3 is 0 Å². The van der Waals surface area contributed by atoms with E-state index in [0.29, 0.717) is 11.8 Å². The highest BCUT2D eigenvalue weighted by Crippen LogP contribution is 2.17. The van der Waals surface area contributed by atoms with E-state index in [1.807, 2.05) is 11.8 Å². The second-order valence-corrected chi connectivity index (χ2v) is 5.99. The Labute approximate surface area is 102 Å². The number of nitrogens with zero attached hydrogens (tertiary/aromatic N) is 1. The lowest BCUT2D eigenvalue weighted by Gasteiger charge is -2.26. The lowest BCUT2D eigenvalue weighted by molar-refractivity contribution is -0.132. The summed E-state index contributed by atoms with van der Waals surface area (Å²) in [6.45, 7) is 4.11. The smallest absolute Gasteiger partial charge is 0.222 e. The van der Waals surface area contributed by atoms with Crippen LogP contribution in [0.25, 0.3) is 0 Å². The van der Waals surface area contributed by atoms with Crippen LogP contribution in [-0.2, 0) is 4.79 Å². The van der Waals surface area contributed by atoms with Crippen LogP contribution in [0.2, 0.25) is 0 Å². The summed E-state index contributed by atoms with van der Waals surface area (Å²) in [7, 11) is 0. The molecule has 1 amide bonds. The quantitative estimate of drug-likeness (QED) is 0.793. The Morgan fingerprint density at radius 2 is 2.25 bits per heavy atom. The number of rotatable bonds is 2. The van der Waals surface area contributed by atoms with Crippen molar-refractivity contribution in [3.8, 4) is 0 Å². The van der Waals surface area contributed by atoms with Gasteiger partial charge in [-0.25, -0.2) is 0 Å². The fourth-order valence-electron chi connectivity index (χ4n) is 2.47. The first kappa shape index (κ1) is 12.2. The summed E-state index contributed by atoms with van der Waals surface area (Å²) in [5.74, 6) is 3.30. The van der Waals surface area contributed by atoms with Gasteiger partial charge < -0.3 is 10.2 Å². The number of thioether (sulfide) groups is 1. The van der Waals surface area contributed by atoms with E-state index in [-0.39, 0.29) is 0 Å². The van der Waals surface area contributed by atoms with E-state index in [4.69, 9.17) is 0 Å². The topological polar surface area (TPSA) is 32.3 Å². The van der Waals surface area contributed by atoms with Gasteiger partial charge in [-0.2, -0.15) is 11.8 Å². The van der Waals surface area contributed by atoms with Gasteiger partial charge in [-0.05, 0) is 44.0 Å². The predicted octanol–water partition coefficient (Wildman–Crippen LogP) is 1.34. The summed E-state index contributed by atoms with van der Waals surface area (Å²) < 4.78 is 0. The Morgan fingerprint density at radius 3 is 3.06 bits per heavy atom. The average molecular weight is 242 g/mol. The van der Waals surface area contributed by atoms with Crippen LogP contribution in [0.1, 0.15) is 25.7 Å². The van der Waals surface area contributed by atoms with Crippen molar-refractivity contribution < 1.29 is 4.79 Å². The van der Waals surface area contributed by atoms with Crippen molar-refractivity contribution >= 4 is 17.7 Å². The summed E-state index contributed by atoms with van der Waals surface area (Å²) in [4.78, 5) is 14.2. The Bertz CT molecular complexity index is 221. The van der Waals surface area contributed by atoms with Crippen molar-refractivity contribution in [1.82, 2.24) is 10.2 Å². The van der Waals surface area contributed by atoms with Gasteiger partial charge in [0.25, 0.3) is 0 Å². The molecule has 0 aliphatic carbocycles. The van der Waals surface area contributed by atoms with Gasteiger partial charge in [-0.15, -0.1) is 0 Å². The third-order valence-electron chi connectivity index (χ3n) is 3.44. The molecule has 1 atom stereocenters. The molecule has 2 heterocycles. The molecule has 1 N–H and O–H groups in total. The van der Waals surface area contributed by atoms with E-state index in [2.05, 4.69) is 10.2 Å². The highest BCUT2D eigenvalue weighted by atomic mass is 32.2. The van der Waals surface area contributed by atoms with Gasteiger partial charge in [-0.1, -0.05) is 0 Å². The van der Waals surface area contributed by atoms with E-state index >= 15 is 0 Å². The Hall–Kier alpha value is -0.220. The maximum absolute atomic E-state index is 12.1. The Balaban J connectivity index is 1.76. The van der Waals surface area contributed by atoms with Gasteiger partial charge in [0.2, 0.25) is 5.91 Å². The lowest BCUT2D eigenvalue weighted by atomic mass is 9.95. The van der Waals surface area contributed by atoms with Gasteiger partial charge in [0.05, 0.1) is 0 Å². The van der Waals surface area contributed by atoms with Gasteiger partial charge in [0, 0.05) is 25.3 Å². The minimum atomic E-state index is 0.385. The van der Waals surface area contributed by atoms with Crippen molar-refractivity contribution in [3.63, 3.8) is 0 Å². The molecule has 2 saturated heterocycles.